The molecule has 0 radical (unpaired) electrons. The van der Waals surface area contributed by atoms with E-state index in [0.717, 1.165) is 36.8 Å². The summed E-state index contributed by atoms with van der Waals surface area (Å²) in [4.78, 5) is 6.85. The number of halogens is 1. The molecule has 1 aliphatic heterocycles. The third-order valence-corrected chi connectivity index (χ3v) is 3.21. The predicted octanol–water partition coefficient (Wildman–Crippen LogP) is 2.74. The first-order valence-electron chi connectivity index (χ1n) is 5.93. The van der Waals surface area contributed by atoms with E-state index >= 15 is 0 Å². The average Bonchev–Trinajstić information content (AvgIpc) is 2.27. The Bertz CT molecular complexity index is 406. The van der Waals surface area contributed by atoms with Crippen molar-refractivity contribution in [2.45, 2.75) is 32.3 Å². The van der Waals surface area contributed by atoms with Crippen molar-refractivity contribution in [1.82, 2.24) is 4.98 Å². The lowest BCUT2D eigenvalue weighted by atomic mass is 10.1. The smallest absolute Gasteiger partial charge is 0.129 e. The number of hydrogen-bond acceptors (Lipinski definition) is 3. The van der Waals surface area contributed by atoms with E-state index in [-0.39, 0.29) is 5.60 Å². The van der Waals surface area contributed by atoms with Gasteiger partial charge in [0.1, 0.15) is 5.82 Å². The zero-order valence-corrected chi connectivity index (χ0v) is 11.4. The summed E-state index contributed by atoms with van der Waals surface area (Å²) in [5, 5.41) is 0. The van der Waals surface area contributed by atoms with Crippen molar-refractivity contribution in [2.75, 3.05) is 24.6 Å². The van der Waals surface area contributed by atoms with Gasteiger partial charge < -0.3 is 9.64 Å². The molecule has 1 aliphatic rings. The molecule has 0 aromatic carbocycles. The molecule has 1 aromatic heterocycles. The first-order chi connectivity index (χ1) is 8.00. The highest BCUT2D eigenvalue weighted by Crippen LogP contribution is 2.23. The molecule has 17 heavy (non-hydrogen) atoms. The summed E-state index contributed by atoms with van der Waals surface area (Å²) in [5.41, 5.74) is 2.03. The van der Waals surface area contributed by atoms with Gasteiger partial charge in [0.25, 0.3) is 0 Å². The maximum absolute atomic E-state index is 5.89. The zero-order valence-electron chi connectivity index (χ0n) is 10.7. The normalized spacial score (nSPS) is 19.4. The highest BCUT2D eigenvalue weighted by atomic mass is 35.5. The van der Waals surface area contributed by atoms with E-state index in [1.807, 2.05) is 13.0 Å². The molecule has 1 fully saturated rings. The first kappa shape index (κ1) is 12.7. The van der Waals surface area contributed by atoms with Crippen LogP contribution >= 0.6 is 11.6 Å². The number of pyridine rings is 1. The minimum absolute atomic E-state index is 0.106. The summed E-state index contributed by atoms with van der Waals surface area (Å²) < 4.78 is 5.71. The summed E-state index contributed by atoms with van der Waals surface area (Å²) >= 11 is 5.89. The van der Waals surface area contributed by atoms with Gasteiger partial charge in [0.15, 0.2) is 0 Å². The lowest BCUT2D eigenvalue weighted by Gasteiger charge is -2.39. The Morgan fingerprint density at radius 1 is 1.47 bits per heavy atom. The van der Waals surface area contributed by atoms with Crippen molar-refractivity contribution in [2.24, 2.45) is 0 Å². The highest BCUT2D eigenvalue weighted by molar-refractivity contribution is 6.17. The van der Waals surface area contributed by atoms with E-state index in [9.17, 15) is 0 Å². The van der Waals surface area contributed by atoms with Crippen LogP contribution in [0.25, 0.3) is 0 Å². The minimum Gasteiger partial charge on any atom is -0.372 e. The van der Waals surface area contributed by atoms with E-state index in [4.69, 9.17) is 16.3 Å². The SMILES string of the molecule is Cc1cc(CCl)cc(N2CCOC(C)(C)C2)n1. The molecule has 0 bridgehead atoms. The molecule has 0 amide bonds. The highest BCUT2D eigenvalue weighted by Gasteiger charge is 2.28. The number of ether oxygens (including phenoxy) is 1. The molecule has 94 valence electrons. The Balaban J connectivity index is 2.24. The van der Waals surface area contributed by atoms with Crippen molar-refractivity contribution in [1.29, 1.82) is 0 Å². The van der Waals surface area contributed by atoms with Crippen molar-refractivity contribution in [3.05, 3.63) is 23.4 Å². The monoisotopic (exact) mass is 254 g/mol. The number of aromatic nitrogens is 1. The summed E-state index contributed by atoms with van der Waals surface area (Å²) in [6, 6.07) is 4.10. The molecule has 0 N–H and O–H groups in total. The van der Waals surface area contributed by atoms with E-state index in [1.54, 1.807) is 0 Å². The van der Waals surface area contributed by atoms with Crippen LogP contribution in [0.1, 0.15) is 25.1 Å². The summed E-state index contributed by atoms with van der Waals surface area (Å²) in [7, 11) is 0. The van der Waals surface area contributed by atoms with Gasteiger partial charge in [0.05, 0.1) is 12.2 Å². The van der Waals surface area contributed by atoms with Gasteiger partial charge in [-0.1, -0.05) is 0 Å². The van der Waals surface area contributed by atoms with Crippen molar-refractivity contribution >= 4 is 17.4 Å². The Labute approximate surface area is 108 Å². The molecule has 2 heterocycles. The molecular weight excluding hydrogens is 236 g/mol. The Morgan fingerprint density at radius 3 is 2.88 bits per heavy atom. The summed E-state index contributed by atoms with van der Waals surface area (Å²) in [6.07, 6.45) is 0. The second-order valence-corrected chi connectivity index (χ2v) is 5.41. The fraction of sp³-hybridized carbons (Fsp3) is 0.615. The van der Waals surface area contributed by atoms with Crippen LogP contribution in [0.4, 0.5) is 5.82 Å². The molecule has 4 heteroatoms. The lowest BCUT2D eigenvalue weighted by Crippen LogP contribution is -2.48. The van der Waals surface area contributed by atoms with Crippen LogP contribution in [0.2, 0.25) is 0 Å². The standard InChI is InChI=1S/C13H19ClN2O/c1-10-6-11(8-14)7-12(15-10)16-4-5-17-13(2,3)9-16/h6-7H,4-5,8-9H2,1-3H3. The number of anilines is 1. The quantitative estimate of drug-likeness (QED) is 0.759. The maximum Gasteiger partial charge on any atom is 0.129 e. The summed E-state index contributed by atoms with van der Waals surface area (Å²) in [6.45, 7) is 8.73. The molecule has 0 spiro atoms. The van der Waals surface area contributed by atoms with Crippen molar-refractivity contribution in [3.8, 4) is 0 Å². The molecule has 1 saturated heterocycles. The van der Waals surface area contributed by atoms with Crippen LogP contribution in [0.3, 0.4) is 0 Å². The predicted molar refractivity (Wildman–Crippen MR) is 70.8 cm³/mol. The van der Waals surface area contributed by atoms with Crippen LogP contribution in [0, 0.1) is 6.92 Å². The molecule has 0 unspecified atom stereocenters. The van der Waals surface area contributed by atoms with Gasteiger partial charge in [0, 0.05) is 24.7 Å². The van der Waals surface area contributed by atoms with Crippen molar-refractivity contribution in [3.63, 3.8) is 0 Å². The van der Waals surface area contributed by atoms with E-state index in [2.05, 4.69) is 29.8 Å². The van der Waals surface area contributed by atoms with Crippen molar-refractivity contribution < 1.29 is 4.74 Å². The fourth-order valence-corrected chi connectivity index (χ4v) is 2.33. The molecule has 0 aliphatic carbocycles. The van der Waals surface area contributed by atoms with Gasteiger partial charge in [-0.25, -0.2) is 4.98 Å². The number of rotatable bonds is 2. The van der Waals surface area contributed by atoms with E-state index < -0.39 is 0 Å². The molecule has 2 rings (SSSR count). The van der Waals surface area contributed by atoms with Gasteiger partial charge >= 0.3 is 0 Å². The minimum atomic E-state index is -0.106. The molecule has 1 aromatic rings. The average molecular weight is 255 g/mol. The first-order valence-corrected chi connectivity index (χ1v) is 6.46. The second-order valence-electron chi connectivity index (χ2n) is 5.14. The summed E-state index contributed by atoms with van der Waals surface area (Å²) in [5.74, 6) is 1.54. The van der Waals surface area contributed by atoms with Gasteiger partial charge in [-0.05, 0) is 38.5 Å². The van der Waals surface area contributed by atoms with Crippen LogP contribution < -0.4 is 4.90 Å². The Morgan fingerprint density at radius 2 is 2.24 bits per heavy atom. The van der Waals surface area contributed by atoms with E-state index in [0.29, 0.717) is 5.88 Å². The number of morpholine rings is 1. The van der Waals surface area contributed by atoms with Gasteiger partial charge in [0.2, 0.25) is 0 Å². The van der Waals surface area contributed by atoms with Gasteiger partial charge in [-0.15, -0.1) is 11.6 Å². The van der Waals surface area contributed by atoms with E-state index in [1.165, 1.54) is 0 Å². The number of aryl methyl sites for hydroxylation is 1. The number of nitrogens with zero attached hydrogens (tertiary/aromatic N) is 2. The number of hydrogen-bond donors (Lipinski definition) is 0. The molecular formula is C13H19ClN2O. The third kappa shape index (κ3) is 3.11. The van der Waals surface area contributed by atoms with Crippen LogP contribution in [-0.4, -0.2) is 30.3 Å². The molecule has 3 nitrogen and oxygen atoms in total. The van der Waals surface area contributed by atoms with Gasteiger partial charge in [-0.2, -0.15) is 0 Å². The topological polar surface area (TPSA) is 25.4 Å². The largest absolute Gasteiger partial charge is 0.372 e. The van der Waals surface area contributed by atoms with Crippen LogP contribution in [0.5, 0.6) is 0 Å². The number of alkyl halides is 1. The van der Waals surface area contributed by atoms with Crippen LogP contribution in [0.15, 0.2) is 12.1 Å². The Kier molecular flexibility index (Phi) is 3.59. The lowest BCUT2D eigenvalue weighted by molar-refractivity contribution is -0.0279. The molecule has 0 atom stereocenters. The second kappa shape index (κ2) is 4.83. The van der Waals surface area contributed by atoms with Crippen LogP contribution in [-0.2, 0) is 10.6 Å². The molecule has 0 saturated carbocycles. The maximum atomic E-state index is 5.89. The zero-order chi connectivity index (χ0) is 12.5. The third-order valence-electron chi connectivity index (χ3n) is 2.90. The van der Waals surface area contributed by atoms with Gasteiger partial charge in [-0.3, -0.25) is 0 Å². The Hall–Kier alpha value is -0.800. The fourth-order valence-electron chi connectivity index (χ4n) is 2.17.